The number of fused-ring (bicyclic) bond motifs is 1. The first kappa shape index (κ1) is 22.9. The van der Waals surface area contributed by atoms with E-state index in [9.17, 15) is 9.18 Å². The van der Waals surface area contributed by atoms with Crippen molar-refractivity contribution >= 4 is 35.8 Å². The number of thioether (sulfide) groups is 1. The van der Waals surface area contributed by atoms with E-state index in [-0.39, 0.29) is 11.9 Å². The van der Waals surface area contributed by atoms with Crippen molar-refractivity contribution in [1.82, 2.24) is 10.3 Å². The molecule has 5 nitrogen and oxygen atoms in total. The lowest BCUT2D eigenvalue weighted by molar-refractivity contribution is -0.104. The van der Waals surface area contributed by atoms with Gasteiger partial charge in [-0.05, 0) is 25.8 Å². The zero-order valence-electron chi connectivity index (χ0n) is 16.8. The van der Waals surface area contributed by atoms with E-state index in [1.807, 2.05) is 25.1 Å². The third-order valence-corrected chi connectivity index (χ3v) is 5.00. The smallest absolute Gasteiger partial charge is 0.148 e. The number of aldehydes is 1. The summed E-state index contributed by atoms with van der Waals surface area (Å²) in [6.07, 6.45) is 5.84. The molecule has 7 heteroatoms. The van der Waals surface area contributed by atoms with Gasteiger partial charge in [0.05, 0.1) is 23.4 Å². The van der Waals surface area contributed by atoms with Crippen LogP contribution in [0.25, 0.3) is 5.70 Å². The van der Waals surface area contributed by atoms with Gasteiger partial charge in [-0.25, -0.2) is 9.37 Å². The number of halogens is 1. The van der Waals surface area contributed by atoms with Gasteiger partial charge < -0.3 is 10.2 Å². The van der Waals surface area contributed by atoms with Crippen molar-refractivity contribution in [2.45, 2.75) is 44.7 Å². The number of hydrogen-bond acceptors (Lipinski definition) is 5. The van der Waals surface area contributed by atoms with Gasteiger partial charge in [0, 0.05) is 43.3 Å². The van der Waals surface area contributed by atoms with E-state index >= 15 is 0 Å². The maximum absolute atomic E-state index is 11.4. The molecule has 0 spiro atoms. The highest BCUT2D eigenvalue weighted by Gasteiger charge is 2.23. The largest absolute Gasteiger partial charge is 0.377 e. The molecule has 0 bridgehead atoms. The van der Waals surface area contributed by atoms with E-state index in [1.54, 1.807) is 31.2 Å². The van der Waals surface area contributed by atoms with Crippen molar-refractivity contribution in [1.29, 1.82) is 0 Å². The SMILES string of the molecule is C=C(F)CC.CCC(C)N=CNC1=C(C=O)CSc2nccc(N(C)C)c21. The van der Waals surface area contributed by atoms with E-state index in [0.717, 1.165) is 40.3 Å². The zero-order chi connectivity index (χ0) is 20.4. The van der Waals surface area contributed by atoms with Crippen LogP contribution in [0.5, 0.6) is 0 Å². The number of pyridine rings is 1. The van der Waals surface area contributed by atoms with Gasteiger partial charge in [-0.2, -0.15) is 0 Å². The second-order valence-corrected chi connectivity index (χ2v) is 7.23. The zero-order valence-corrected chi connectivity index (χ0v) is 17.6. The fourth-order valence-corrected chi connectivity index (χ4v) is 3.11. The Bertz CT molecular complexity index is 716. The van der Waals surface area contributed by atoms with Crippen LogP contribution in [0.2, 0.25) is 0 Å². The summed E-state index contributed by atoms with van der Waals surface area (Å²) in [5.74, 6) is 0.380. The fourth-order valence-electron chi connectivity index (χ4n) is 2.12. The lowest BCUT2D eigenvalue weighted by Crippen LogP contribution is -2.22. The van der Waals surface area contributed by atoms with Crippen molar-refractivity contribution in [3.05, 3.63) is 35.8 Å². The molecule has 1 atom stereocenters. The van der Waals surface area contributed by atoms with Gasteiger partial charge in [-0.3, -0.25) is 9.79 Å². The molecule has 0 saturated heterocycles. The van der Waals surface area contributed by atoms with E-state index in [1.165, 1.54) is 0 Å². The molecule has 1 N–H and O–H groups in total. The lowest BCUT2D eigenvalue weighted by Gasteiger charge is -2.25. The molecule has 27 heavy (non-hydrogen) atoms. The maximum atomic E-state index is 11.4. The number of hydrogen-bond donors (Lipinski definition) is 1. The second-order valence-electron chi connectivity index (χ2n) is 6.26. The molecule has 0 aromatic carbocycles. The number of aliphatic imine (C=N–C) groups is 1. The minimum absolute atomic E-state index is 0.245. The van der Waals surface area contributed by atoms with Crippen LogP contribution >= 0.6 is 11.8 Å². The minimum Gasteiger partial charge on any atom is -0.377 e. The standard InChI is InChI=1S/C16H22N4OS.C4H7F/c1-5-11(2)18-10-19-15-12(8-21)9-22-16-14(15)13(20(3)4)6-7-17-16;1-3-4(2)5/h6-8,10-11H,5,9H2,1-4H3,(H,18,19);2-3H2,1H3. The average Bonchev–Trinajstić information content (AvgIpc) is 2.67. The summed E-state index contributed by atoms with van der Waals surface area (Å²) in [4.78, 5) is 22.3. The van der Waals surface area contributed by atoms with Crippen molar-refractivity contribution in [3.63, 3.8) is 0 Å². The molecule has 1 aliphatic heterocycles. The van der Waals surface area contributed by atoms with Gasteiger partial charge in [0.15, 0.2) is 0 Å². The molecule has 0 amide bonds. The van der Waals surface area contributed by atoms with Crippen molar-refractivity contribution in [2.24, 2.45) is 4.99 Å². The average molecular weight is 393 g/mol. The fraction of sp³-hybridized carbons (Fsp3) is 0.450. The van der Waals surface area contributed by atoms with Gasteiger partial charge in [0.25, 0.3) is 0 Å². The second kappa shape index (κ2) is 11.5. The number of aromatic nitrogens is 1. The van der Waals surface area contributed by atoms with Crippen LogP contribution in [-0.4, -0.2) is 43.5 Å². The molecule has 1 aromatic heterocycles. The Hall–Kier alpha value is -2.15. The minimum atomic E-state index is -0.245. The summed E-state index contributed by atoms with van der Waals surface area (Å²) < 4.78 is 11.2. The molecule has 1 unspecified atom stereocenters. The lowest BCUT2D eigenvalue weighted by atomic mass is 10.1. The van der Waals surface area contributed by atoms with Crippen LogP contribution in [0.3, 0.4) is 0 Å². The molecule has 0 saturated carbocycles. The number of carbonyl (C=O) groups is 1. The quantitative estimate of drug-likeness (QED) is 0.422. The predicted molar refractivity (Wildman–Crippen MR) is 114 cm³/mol. The first-order valence-corrected chi connectivity index (χ1v) is 9.93. The number of carbonyl (C=O) groups excluding carboxylic acids is 1. The molecule has 0 aliphatic carbocycles. The Morgan fingerprint density at radius 1 is 1.52 bits per heavy atom. The number of nitrogens with one attached hydrogen (secondary N) is 1. The van der Waals surface area contributed by atoms with Crippen LogP contribution in [0.1, 0.15) is 39.2 Å². The Kier molecular flexibility index (Phi) is 9.78. The van der Waals surface area contributed by atoms with Crippen LogP contribution in [0.15, 0.2) is 40.3 Å². The highest BCUT2D eigenvalue weighted by molar-refractivity contribution is 7.99. The van der Waals surface area contributed by atoms with Gasteiger partial charge in [0.1, 0.15) is 11.3 Å². The Balaban J connectivity index is 0.000000646. The first-order chi connectivity index (χ1) is 12.8. The highest BCUT2D eigenvalue weighted by Crippen LogP contribution is 2.38. The third kappa shape index (κ3) is 6.82. The topological polar surface area (TPSA) is 57.6 Å². The summed E-state index contributed by atoms with van der Waals surface area (Å²) in [6, 6.07) is 2.22. The number of allylic oxidation sites excluding steroid dienone is 1. The Morgan fingerprint density at radius 3 is 2.70 bits per heavy atom. The van der Waals surface area contributed by atoms with Gasteiger partial charge in [0.2, 0.25) is 0 Å². The number of anilines is 1. The van der Waals surface area contributed by atoms with Crippen LogP contribution in [0, 0.1) is 0 Å². The number of rotatable bonds is 7. The summed E-state index contributed by atoms with van der Waals surface area (Å²) in [5, 5.41) is 4.16. The number of nitrogens with zero attached hydrogens (tertiary/aromatic N) is 3. The molecule has 148 valence electrons. The monoisotopic (exact) mass is 392 g/mol. The normalized spacial score (nSPS) is 14.1. The molecule has 0 fully saturated rings. The Labute approximate surface area is 165 Å². The summed E-state index contributed by atoms with van der Waals surface area (Å²) >= 11 is 1.59. The van der Waals surface area contributed by atoms with Crippen LogP contribution < -0.4 is 10.2 Å². The van der Waals surface area contributed by atoms with E-state index in [0.29, 0.717) is 12.2 Å². The van der Waals surface area contributed by atoms with Crippen molar-refractivity contribution < 1.29 is 9.18 Å². The van der Waals surface area contributed by atoms with E-state index in [4.69, 9.17) is 0 Å². The molecule has 0 radical (unpaired) electrons. The van der Waals surface area contributed by atoms with Crippen LogP contribution in [-0.2, 0) is 4.79 Å². The van der Waals surface area contributed by atoms with Crippen molar-refractivity contribution in [2.75, 3.05) is 24.7 Å². The summed E-state index contributed by atoms with van der Waals surface area (Å²) in [7, 11) is 3.97. The molecule has 1 aliphatic rings. The first-order valence-electron chi connectivity index (χ1n) is 8.94. The Morgan fingerprint density at radius 2 is 2.19 bits per heavy atom. The van der Waals surface area contributed by atoms with E-state index < -0.39 is 0 Å². The summed E-state index contributed by atoms with van der Waals surface area (Å²) in [5.41, 5.74) is 3.56. The van der Waals surface area contributed by atoms with Crippen molar-refractivity contribution in [3.8, 4) is 0 Å². The van der Waals surface area contributed by atoms with Crippen LogP contribution in [0.4, 0.5) is 10.1 Å². The molecule has 2 rings (SSSR count). The predicted octanol–water partition coefficient (Wildman–Crippen LogP) is 4.46. The van der Waals surface area contributed by atoms with E-state index in [2.05, 4.69) is 35.7 Å². The maximum Gasteiger partial charge on any atom is 0.148 e. The molecule has 2 heterocycles. The highest BCUT2D eigenvalue weighted by atomic mass is 32.2. The summed E-state index contributed by atoms with van der Waals surface area (Å²) in [6.45, 7) is 8.89. The molecule has 1 aromatic rings. The van der Waals surface area contributed by atoms with Gasteiger partial charge >= 0.3 is 0 Å². The molecular formula is C20H29FN4OS. The molecular weight excluding hydrogens is 363 g/mol. The van der Waals surface area contributed by atoms with Gasteiger partial charge in [-0.15, -0.1) is 11.8 Å². The third-order valence-electron chi connectivity index (χ3n) is 3.97. The van der Waals surface area contributed by atoms with Gasteiger partial charge in [-0.1, -0.05) is 20.4 Å².